The second-order valence-electron chi connectivity index (χ2n) is 9.20. The van der Waals surface area contributed by atoms with Crippen molar-refractivity contribution in [1.82, 2.24) is 29.7 Å². The van der Waals surface area contributed by atoms with E-state index in [0.29, 0.717) is 23.3 Å². The SMILES string of the molecule is CC1CCCN(c2nc(-c3noc(=O)[nH]3)nc3ncn(C[C@H]4CC[C@H](C)CC4)c23)C1. The highest BCUT2D eigenvalue weighted by molar-refractivity contribution is 5.85. The van der Waals surface area contributed by atoms with Gasteiger partial charge in [-0.1, -0.05) is 31.8 Å². The Morgan fingerprint density at radius 3 is 2.70 bits per heavy atom. The van der Waals surface area contributed by atoms with Gasteiger partial charge in [-0.25, -0.2) is 19.7 Å². The second-order valence-corrected chi connectivity index (χ2v) is 9.20. The van der Waals surface area contributed by atoms with Crippen molar-refractivity contribution >= 4 is 17.0 Å². The van der Waals surface area contributed by atoms with Crippen LogP contribution in [0.2, 0.25) is 0 Å². The first-order valence-corrected chi connectivity index (χ1v) is 11.1. The number of imidazole rings is 1. The standard InChI is InChI=1S/C21H29N7O2/c1-13-5-7-15(8-6-13)11-28-12-22-17-16(28)20(27-9-3-4-14(2)10-27)24-18(23-17)19-25-21(29)30-26-19/h12-15H,3-11H2,1-2H3,(H,25,26,29)/t13-,14?,15-. The maximum atomic E-state index is 11.4. The summed E-state index contributed by atoms with van der Waals surface area (Å²) in [5.41, 5.74) is 1.62. The number of anilines is 1. The largest absolute Gasteiger partial charge is 0.439 e. The van der Waals surface area contributed by atoms with Crippen molar-refractivity contribution in [1.29, 1.82) is 0 Å². The van der Waals surface area contributed by atoms with E-state index in [-0.39, 0.29) is 5.82 Å². The number of nitrogens with zero attached hydrogens (tertiary/aromatic N) is 6. The van der Waals surface area contributed by atoms with Gasteiger partial charge in [0.25, 0.3) is 0 Å². The van der Waals surface area contributed by atoms with Crippen LogP contribution < -0.4 is 10.7 Å². The van der Waals surface area contributed by atoms with Crippen LogP contribution in [0.1, 0.15) is 52.4 Å². The van der Waals surface area contributed by atoms with Crippen LogP contribution >= 0.6 is 0 Å². The van der Waals surface area contributed by atoms with Crippen molar-refractivity contribution in [3.8, 4) is 11.6 Å². The highest BCUT2D eigenvalue weighted by Crippen LogP contribution is 2.33. The van der Waals surface area contributed by atoms with Gasteiger partial charge in [0.05, 0.1) is 6.33 Å². The lowest BCUT2D eigenvalue weighted by molar-refractivity contribution is 0.266. The molecule has 1 saturated heterocycles. The molecule has 4 heterocycles. The third kappa shape index (κ3) is 3.73. The molecule has 1 atom stereocenters. The highest BCUT2D eigenvalue weighted by Gasteiger charge is 2.26. The number of fused-ring (bicyclic) bond motifs is 1. The van der Waals surface area contributed by atoms with Crippen LogP contribution in [-0.4, -0.2) is 42.7 Å². The Kier molecular flexibility index (Phi) is 5.04. The van der Waals surface area contributed by atoms with E-state index in [1.807, 2.05) is 6.33 Å². The number of aromatic nitrogens is 6. The van der Waals surface area contributed by atoms with Gasteiger partial charge in [-0.3, -0.25) is 9.51 Å². The quantitative estimate of drug-likeness (QED) is 0.702. The number of H-pyrrole nitrogens is 1. The summed E-state index contributed by atoms with van der Waals surface area (Å²) in [5, 5.41) is 3.78. The van der Waals surface area contributed by atoms with E-state index in [9.17, 15) is 4.79 Å². The summed E-state index contributed by atoms with van der Waals surface area (Å²) in [5.74, 6) is 2.96. The molecule has 9 heteroatoms. The molecule has 2 fully saturated rings. The minimum Gasteiger partial charge on any atom is -0.354 e. The smallest absolute Gasteiger partial charge is 0.354 e. The first kappa shape index (κ1) is 19.3. The molecule has 3 aromatic rings. The average Bonchev–Trinajstić information content (AvgIpc) is 3.35. The van der Waals surface area contributed by atoms with Crippen LogP contribution in [0.25, 0.3) is 22.8 Å². The number of hydrogen-bond acceptors (Lipinski definition) is 7. The van der Waals surface area contributed by atoms with Crippen LogP contribution in [-0.2, 0) is 6.54 Å². The Bertz CT molecular complexity index is 1080. The van der Waals surface area contributed by atoms with Crippen LogP contribution in [0.3, 0.4) is 0 Å². The Morgan fingerprint density at radius 2 is 1.97 bits per heavy atom. The lowest BCUT2D eigenvalue weighted by Gasteiger charge is -2.32. The molecule has 1 saturated carbocycles. The Morgan fingerprint density at radius 1 is 1.13 bits per heavy atom. The molecule has 1 aliphatic carbocycles. The Hall–Kier alpha value is -2.71. The van der Waals surface area contributed by atoms with Crippen LogP contribution in [0.4, 0.5) is 5.82 Å². The zero-order valence-electron chi connectivity index (χ0n) is 17.7. The molecule has 0 aromatic carbocycles. The van der Waals surface area contributed by atoms with Crippen LogP contribution in [0, 0.1) is 17.8 Å². The van der Waals surface area contributed by atoms with Gasteiger partial charge in [-0.15, -0.1) is 0 Å². The average molecular weight is 412 g/mol. The first-order valence-electron chi connectivity index (χ1n) is 11.1. The third-order valence-corrected chi connectivity index (χ3v) is 6.65. The van der Waals surface area contributed by atoms with Gasteiger partial charge in [0, 0.05) is 19.6 Å². The van der Waals surface area contributed by atoms with Crippen LogP contribution in [0.5, 0.6) is 0 Å². The summed E-state index contributed by atoms with van der Waals surface area (Å²) in [4.78, 5) is 30.4. The number of nitrogens with one attached hydrogen (secondary N) is 1. The molecule has 5 rings (SSSR count). The Balaban J connectivity index is 1.56. The lowest BCUT2D eigenvalue weighted by atomic mass is 9.83. The summed E-state index contributed by atoms with van der Waals surface area (Å²) in [7, 11) is 0. The molecular formula is C21H29N7O2. The third-order valence-electron chi connectivity index (χ3n) is 6.65. The number of aromatic amines is 1. The summed E-state index contributed by atoms with van der Waals surface area (Å²) >= 11 is 0. The van der Waals surface area contributed by atoms with Crippen molar-refractivity contribution in [2.75, 3.05) is 18.0 Å². The van der Waals surface area contributed by atoms with Crippen LogP contribution in [0.15, 0.2) is 15.6 Å². The zero-order chi connectivity index (χ0) is 20.7. The molecule has 160 valence electrons. The molecule has 0 radical (unpaired) electrons. The summed E-state index contributed by atoms with van der Waals surface area (Å²) in [6.07, 6.45) is 9.38. The second kappa shape index (κ2) is 7.85. The fraction of sp³-hybridized carbons (Fsp3) is 0.667. The highest BCUT2D eigenvalue weighted by atomic mass is 16.5. The monoisotopic (exact) mass is 411 g/mol. The van der Waals surface area contributed by atoms with Gasteiger partial charge in [-0.05, 0) is 43.4 Å². The minimum atomic E-state index is -0.612. The van der Waals surface area contributed by atoms with Gasteiger partial charge in [0.1, 0.15) is 5.52 Å². The van der Waals surface area contributed by atoms with Gasteiger partial charge < -0.3 is 9.47 Å². The number of rotatable bonds is 4. The first-order chi connectivity index (χ1) is 14.6. The zero-order valence-corrected chi connectivity index (χ0v) is 17.7. The topological polar surface area (TPSA) is 106 Å². The molecule has 0 spiro atoms. The van der Waals surface area contributed by atoms with Crippen molar-refractivity contribution in [3.63, 3.8) is 0 Å². The molecule has 0 amide bonds. The van der Waals surface area contributed by atoms with Crippen molar-refractivity contribution < 1.29 is 4.52 Å². The van der Waals surface area contributed by atoms with Gasteiger partial charge >= 0.3 is 5.76 Å². The van der Waals surface area contributed by atoms with E-state index in [1.54, 1.807) is 0 Å². The normalized spacial score (nSPS) is 25.1. The molecular weight excluding hydrogens is 382 g/mol. The van der Waals surface area contributed by atoms with E-state index in [0.717, 1.165) is 43.3 Å². The predicted molar refractivity (Wildman–Crippen MR) is 113 cm³/mol. The molecule has 1 aliphatic heterocycles. The Labute approximate surface area is 174 Å². The fourth-order valence-electron chi connectivity index (χ4n) is 4.92. The minimum absolute atomic E-state index is 0.240. The van der Waals surface area contributed by atoms with E-state index in [4.69, 9.17) is 4.98 Å². The molecule has 2 aliphatic rings. The van der Waals surface area contributed by atoms with E-state index in [2.05, 4.69) is 47.9 Å². The predicted octanol–water partition coefficient (Wildman–Crippen LogP) is 3.23. The van der Waals surface area contributed by atoms with Gasteiger partial charge in [0.15, 0.2) is 11.5 Å². The lowest BCUT2D eigenvalue weighted by Crippen LogP contribution is -2.35. The van der Waals surface area contributed by atoms with Crippen molar-refractivity contribution in [2.24, 2.45) is 17.8 Å². The van der Waals surface area contributed by atoms with Gasteiger partial charge in [0.2, 0.25) is 11.6 Å². The maximum absolute atomic E-state index is 11.4. The molecule has 0 bridgehead atoms. The molecule has 9 nitrogen and oxygen atoms in total. The number of hydrogen-bond donors (Lipinski definition) is 1. The number of piperidine rings is 1. The van der Waals surface area contributed by atoms with Crippen molar-refractivity contribution in [3.05, 3.63) is 16.9 Å². The summed E-state index contributed by atoms with van der Waals surface area (Å²) in [6.45, 7) is 7.48. The maximum Gasteiger partial charge on any atom is 0.439 e. The van der Waals surface area contributed by atoms with Crippen molar-refractivity contribution in [2.45, 2.75) is 58.9 Å². The summed E-state index contributed by atoms with van der Waals surface area (Å²) < 4.78 is 6.90. The van der Waals surface area contributed by atoms with E-state index < -0.39 is 5.76 Å². The molecule has 30 heavy (non-hydrogen) atoms. The van der Waals surface area contributed by atoms with Gasteiger partial charge in [-0.2, -0.15) is 0 Å². The molecule has 1 N–H and O–H groups in total. The fourth-order valence-corrected chi connectivity index (χ4v) is 4.92. The van der Waals surface area contributed by atoms with E-state index >= 15 is 0 Å². The summed E-state index contributed by atoms with van der Waals surface area (Å²) in [6, 6.07) is 0. The molecule has 1 unspecified atom stereocenters. The van der Waals surface area contributed by atoms with E-state index in [1.165, 1.54) is 32.1 Å². The molecule has 3 aromatic heterocycles.